The Labute approximate surface area is 124 Å². The van der Waals surface area contributed by atoms with Gasteiger partial charge in [0.2, 0.25) is 12.1 Å². The number of alkyl halides is 6. The van der Waals surface area contributed by atoms with Crippen LogP contribution in [0.15, 0.2) is 12.3 Å². The molecule has 12 heteroatoms. The number of halogens is 6. The Morgan fingerprint density at radius 1 is 1.30 bits per heavy atom. The van der Waals surface area contributed by atoms with E-state index in [2.05, 4.69) is 14.7 Å². The quantitative estimate of drug-likeness (QED) is 0.647. The molecular weight excluding hydrogens is 336 g/mol. The first-order valence-electron chi connectivity index (χ1n) is 6.13. The highest BCUT2D eigenvalue weighted by Crippen LogP contribution is 2.31. The molecule has 1 fully saturated rings. The van der Waals surface area contributed by atoms with E-state index in [9.17, 15) is 36.2 Å². The van der Waals surface area contributed by atoms with Crippen LogP contribution in [-0.2, 0) is 15.7 Å². The van der Waals surface area contributed by atoms with Crippen LogP contribution >= 0.6 is 0 Å². The van der Waals surface area contributed by atoms with Gasteiger partial charge in [-0.2, -0.15) is 26.3 Å². The van der Waals surface area contributed by atoms with Crippen LogP contribution in [0.4, 0.5) is 32.2 Å². The molecule has 1 aromatic heterocycles. The fraction of sp³-hybridized carbons (Fsp3) is 0.545. The Hall–Kier alpha value is -2.11. The summed E-state index contributed by atoms with van der Waals surface area (Å²) >= 11 is 0. The number of ether oxygens (including phenoxy) is 1. The summed E-state index contributed by atoms with van der Waals surface area (Å²) in [6, 6.07) is 1.00. The molecule has 0 radical (unpaired) electrons. The second kappa shape index (κ2) is 5.83. The number of hydrogen-bond donors (Lipinski definition) is 1. The van der Waals surface area contributed by atoms with Gasteiger partial charge in [-0.15, -0.1) is 0 Å². The van der Waals surface area contributed by atoms with Gasteiger partial charge in [-0.25, -0.2) is 14.8 Å². The maximum absolute atomic E-state index is 12.6. The zero-order valence-corrected chi connectivity index (χ0v) is 11.1. The van der Waals surface area contributed by atoms with Crippen molar-refractivity contribution in [1.29, 1.82) is 0 Å². The van der Waals surface area contributed by atoms with Crippen molar-refractivity contribution in [2.24, 2.45) is 0 Å². The van der Waals surface area contributed by atoms with E-state index in [1.54, 1.807) is 0 Å². The van der Waals surface area contributed by atoms with Crippen molar-refractivity contribution in [3.63, 3.8) is 0 Å². The minimum absolute atomic E-state index is 0.110. The fourth-order valence-electron chi connectivity index (χ4n) is 1.96. The minimum atomic E-state index is -5.29. The van der Waals surface area contributed by atoms with Crippen LogP contribution in [0.1, 0.15) is 12.2 Å². The zero-order valence-electron chi connectivity index (χ0n) is 11.1. The Morgan fingerprint density at radius 2 is 1.96 bits per heavy atom. The van der Waals surface area contributed by atoms with Crippen molar-refractivity contribution < 1.29 is 41.0 Å². The maximum Gasteiger partial charge on any atom is 0.491 e. The van der Waals surface area contributed by atoms with E-state index < -0.39 is 42.3 Å². The van der Waals surface area contributed by atoms with E-state index in [0.29, 0.717) is 0 Å². The number of hydrogen-bond acceptors (Lipinski definition) is 6. The van der Waals surface area contributed by atoms with Crippen LogP contribution in [-0.4, -0.2) is 46.1 Å². The molecule has 1 aromatic rings. The molecule has 0 bridgehead atoms. The first kappa shape index (κ1) is 17.2. The first-order valence-corrected chi connectivity index (χ1v) is 6.13. The van der Waals surface area contributed by atoms with Gasteiger partial charge in [0.15, 0.2) is 0 Å². The predicted octanol–water partition coefficient (Wildman–Crippen LogP) is 1.50. The lowest BCUT2D eigenvalue weighted by Crippen LogP contribution is -2.43. The number of aliphatic hydroxyl groups excluding tert-OH is 1. The third-order valence-corrected chi connectivity index (χ3v) is 2.95. The summed E-state index contributed by atoms with van der Waals surface area (Å²) in [4.78, 5) is 17.9. The smallest absolute Gasteiger partial charge is 0.432 e. The van der Waals surface area contributed by atoms with Crippen LogP contribution in [0.2, 0.25) is 0 Å². The van der Waals surface area contributed by atoms with Gasteiger partial charge >= 0.3 is 18.3 Å². The van der Waals surface area contributed by atoms with Gasteiger partial charge in [0.05, 0.1) is 0 Å². The highest BCUT2D eigenvalue weighted by molar-refractivity contribution is 5.76. The average Bonchev–Trinajstić information content (AvgIpc) is 2.78. The van der Waals surface area contributed by atoms with Crippen LogP contribution in [0.3, 0.4) is 0 Å². The first-order chi connectivity index (χ1) is 10.5. The van der Waals surface area contributed by atoms with Crippen molar-refractivity contribution in [2.45, 2.75) is 31.1 Å². The molecule has 1 N–H and O–H groups in total. The molecule has 0 saturated carbocycles. The molecule has 1 aliphatic rings. The summed E-state index contributed by atoms with van der Waals surface area (Å²) in [7, 11) is 0. The van der Waals surface area contributed by atoms with Gasteiger partial charge in [0.25, 0.3) is 0 Å². The minimum Gasteiger partial charge on any atom is -0.432 e. The predicted molar refractivity (Wildman–Crippen MR) is 60.9 cm³/mol. The molecule has 0 aliphatic carbocycles. The second-order valence-electron chi connectivity index (χ2n) is 4.58. The zero-order chi connectivity index (χ0) is 17.4. The lowest BCUT2D eigenvalue weighted by atomic mass is 10.3. The Morgan fingerprint density at radius 3 is 2.52 bits per heavy atom. The molecule has 2 heterocycles. The van der Waals surface area contributed by atoms with Crippen molar-refractivity contribution in [2.75, 3.05) is 11.4 Å². The number of aromatic nitrogens is 2. The Balaban J connectivity index is 2.26. The lowest BCUT2D eigenvalue weighted by molar-refractivity contribution is -0.207. The van der Waals surface area contributed by atoms with Gasteiger partial charge in [0, 0.05) is 12.7 Å². The van der Waals surface area contributed by atoms with E-state index in [1.807, 2.05) is 0 Å². The topological polar surface area (TPSA) is 75.6 Å². The summed E-state index contributed by atoms with van der Waals surface area (Å²) in [6.07, 6.45) is -12.8. The number of anilines is 1. The molecule has 128 valence electrons. The highest BCUT2D eigenvalue weighted by Gasteiger charge is 2.46. The van der Waals surface area contributed by atoms with Crippen LogP contribution in [0, 0.1) is 0 Å². The fourth-order valence-corrected chi connectivity index (χ4v) is 1.96. The standard InChI is InChI=1S/C11H9F6N3O3/c12-10(13,14)8-18-3-1-6(19-8)20-4-2-5(21)7(20)23-9(22)11(15,16)17/h1,3,5,7,21H,2,4H2. The summed E-state index contributed by atoms with van der Waals surface area (Å²) in [5.74, 6) is -4.47. The molecule has 23 heavy (non-hydrogen) atoms. The number of aliphatic hydroxyl groups is 1. The van der Waals surface area contributed by atoms with Crippen molar-refractivity contribution in [3.8, 4) is 0 Å². The summed E-state index contributed by atoms with van der Waals surface area (Å²) in [5.41, 5.74) is 0. The molecule has 0 spiro atoms. The number of nitrogens with zero attached hydrogens (tertiary/aromatic N) is 3. The van der Waals surface area contributed by atoms with E-state index in [4.69, 9.17) is 0 Å². The molecule has 2 rings (SSSR count). The van der Waals surface area contributed by atoms with E-state index in [0.717, 1.165) is 17.2 Å². The van der Waals surface area contributed by atoms with E-state index >= 15 is 0 Å². The largest absolute Gasteiger partial charge is 0.491 e. The summed E-state index contributed by atoms with van der Waals surface area (Å²) in [6.45, 7) is -0.148. The third-order valence-electron chi connectivity index (χ3n) is 2.95. The molecular formula is C11H9F6N3O3. The lowest BCUT2D eigenvalue weighted by Gasteiger charge is -2.27. The Kier molecular flexibility index (Phi) is 4.37. The van der Waals surface area contributed by atoms with Gasteiger partial charge < -0.3 is 14.7 Å². The molecule has 0 amide bonds. The maximum atomic E-state index is 12.6. The second-order valence-corrected chi connectivity index (χ2v) is 4.58. The number of rotatable bonds is 2. The van der Waals surface area contributed by atoms with Crippen LogP contribution in [0.25, 0.3) is 0 Å². The molecule has 2 unspecified atom stereocenters. The van der Waals surface area contributed by atoms with Gasteiger partial charge in [-0.1, -0.05) is 0 Å². The summed E-state index contributed by atoms with van der Waals surface area (Å²) in [5, 5.41) is 9.61. The highest BCUT2D eigenvalue weighted by atomic mass is 19.4. The summed E-state index contributed by atoms with van der Waals surface area (Å²) < 4.78 is 78.5. The molecule has 0 aromatic carbocycles. The Bertz CT molecular complexity index is 591. The molecule has 6 nitrogen and oxygen atoms in total. The van der Waals surface area contributed by atoms with Gasteiger partial charge in [0.1, 0.15) is 11.9 Å². The SMILES string of the molecule is O=C(OC1C(O)CCN1c1ccnc(C(F)(F)F)n1)C(F)(F)F. The normalized spacial score (nSPS) is 22.3. The van der Waals surface area contributed by atoms with Gasteiger partial charge in [-0.05, 0) is 12.5 Å². The van der Waals surface area contributed by atoms with Crippen molar-refractivity contribution in [1.82, 2.24) is 9.97 Å². The monoisotopic (exact) mass is 345 g/mol. The van der Waals surface area contributed by atoms with Crippen molar-refractivity contribution in [3.05, 3.63) is 18.1 Å². The number of carbonyl (C=O) groups excluding carboxylic acids is 1. The third kappa shape index (κ3) is 3.81. The van der Waals surface area contributed by atoms with Crippen LogP contribution in [0.5, 0.6) is 0 Å². The molecule has 1 saturated heterocycles. The number of carbonyl (C=O) groups is 1. The van der Waals surface area contributed by atoms with E-state index in [-0.39, 0.29) is 13.0 Å². The van der Waals surface area contributed by atoms with Crippen LogP contribution < -0.4 is 4.90 Å². The van der Waals surface area contributed by atoms with Gasteiger partial charge in [-0.3, -0.25) is 0 Å². The molecule has 1 aliphatic heterocycles. The average molecular weight is 345 g/mol. The van der Waals surface area contributed by atoms with E-state index in [1.165, 1.54) is 0 Å². The van der Waals surface area contributed by atoms with Crippen molar-refractivity contribution >= 4 is 11.8 Å². The number of esters is 1. The molecule has 2 atom stereocenters.